The van der Waals surface area contributed by atoms with Crippen LogP contribution in [0.3, 0.4) is 0 Å². The largest absolute Gasteiger partial charge is 0.435 e. The Morgan fingerprint density at radius 2 is 1.93 bits per heavy atom. The van der Waals surface area contributed by atoms with Crippen LogP contribution in [0, 0.1) is 19.8 Å². The normalized spacial score (nSPS) is 16.5. The van der Waals surface area contributed by atoms with E-state index in [1.165, 1.54) is 12.1 Å². The number of benzene rings is 2. The molecule has 3 rings (SSSR count). The number of nitrogens with one attached hydrogen (secondary N) is 1. The van der Waals surface area contributed by atoms with E-state index in [9.17, 15) is 18.4 Å². The van der Waals surface area contributed by atoms with Crippen LogP contribution in [0.4, 0.5) is 14.5 Å². The van der Waals surface area contributed by atoms with Crippen LogP contribution in [0.25, 0.3) is 0 Å². The molecule has 1 saturated heterocycles. The number of anilines is 1. The van der Waals surface area contributed by atoms with Gasteiger partial charge in [0.05, 0.1) is 5.92 Å². The zero-order valence-corrected chi connectivity index (χ0v) is 15.7. The number of ether oxygens (including phenoxy) is 1. The van der Waals surface area contributed by atoms with Crippen molar-refractivity contribution in [3.63, 3.8) is 0 Å². The van der Waals surface area contributed by atoms with E-state index in [0.717, 1.165) is 22.4 Å². The van der Waals surface area contributed by atoms with Crippen molar-refractivity contribution in [3.8, 4) is 5.75 Å². The lowest BCUT2D eigenvalue weighted by Gasteiger charge is -2.20. The summed E-state index contributed by atoms with van der Waals surface area (Å²) >= 11 is 0. The minimum Gasteiger partial charge on any atom is -0.435 e. The van der Waals surface area contributed by atoms with Crippen molar-refractivity contribution < 1.29 is 23.1 Å². The van der Waals surface area contributed by atoms with Gasteiger partial charge in [0.25, 0.3) is 0 Å². The molecular weight excluding hydrogens is 366 g/mol. The summed E-state index contributed by atoms with van der Waals surface area (Å²) in [5.74, 6) is -0.624. The summed E-state index contributed by atoms with van der Waals surface area (Å²) in [6, 6.07) is 11.9. The third kappa shape index (κ3) is 4.47. The van der Waals surface area contributed by atoms with Gasteiger partial charge in [0.15, 0.2) is 0 Å². The molecule has 7 heteroatoms. The lowest BCUT2D eigenvalue weighted by molar-refractivity contribution is -0.126. The molecule has 1 fully saturated rings. The fourth-order valence-electron chi connectivity index (χ4n) is 3.27. The van der Waals surface area contributed by atoms with Crippen molar-refractivity contribution in [2.24, 2.45) is 5.92 Å². The molecule has 0 aromatic heterocycles. The van der Waals surface area contributed by atoms with Gasteiger partial charge in [-0.2, -0.15) is 8.78 Å². The minimum absolute atomic E-state index is 0.0654. The highest BCUT2D eigenvalue weighted by atomic mass is 19.3. The summed E-state index contributed by atoms with van der Waals surface area (Å²) in [5, 5.41) is 2.81. The van der Waals surface area contributed by atoms with E-state index in [4.69, 9.17) is 0 Å². The molecule has 2 aromatic rings. The molecule has 1 atom stereocenters. The van der Waals surface area contributed by atoms with E-state index in [1.807, 2.05) is 32.0 Å². The molecule has 0 radical (unpaired) electrons. The number of alkyl halides is 2. The lowest BCUT2D eigenvalue weighted by atomic mass is 10.1. The van der Waals surface area contributed by atoms with E-state index in [-0.39, 0.29) is 30.5 Å². The van der Waals surface area contributed by atoms with Gasteiger partial charge in [0.1, 0.15) is 5.75 Å². The van der Waals surface area contributed by atoms with E-state index in [0.29, 0.717) is 6.54 Å². The van der Waals surface area contributed by atoms with Gasteiger partial charge in [-0.15, -0.1) is 0 Å². The number of hydrogen-bond donors (Lipinski definition) is 1. The molecule has 1 heterocycles. The standard InChI is InChI=1S/C21H22F2N2O3/c1-13-4-3-5-18(14(13)2)25-12-16(10-19(25)26)20(27)24-11-15-6-8-17(9-7-15)28-21(22)23/h3-9,16,21H,10-12H2,1-2H3,(H,24,27). The Kier molecular flexibility index (Phi) is 5.92. The first-order valence-electron chi connectivity index (χ1n) is 9.03. The van der Waals surface area contributed by atoms with Gasteiger partial charge in [-0.1, -0.05) is 24.3 Å². The van der Waals surface area contributed by atoms with Crippen molar-refractivity contribution in [2.45, 2.75) is 33.4 Å². The highest BCUT2D eigenvalue weighted by Crippen LogP contribution is 2.29. The maximum absolute atomic E-state index is 12.5. The van der Waals surface area contributed by atoms with E-state index in [2.05, 4.69) is 10.1 Å². The molecule has 1 N–H and O–H groups in total. The molecular formula is C21H22F2N2O3. The number of amides is 2. The van der Waals surface area contributed by atoms with E-state index >= 15 is 0 Å². The summed E-state index contributed by atoms with van der Waals surface area (Å²) in [7, 11) is 0. The summed E-state index contributed by atoms with van der Waals surface area (Å²) in [4.78, 5) is 26.6. The summed E-state index contributed by atoms with van der Waals surface area (Å²) in [6.45, 7) is 1.68. The SMILES string of the molecule is Cc1cccc(N2CC(C(=O)NCc3ccc(OC(F)F)cc3)CC2=O)c1C. The Labute approximate surface area is 162 Å². The second-order valence-electron chi connectivity index (χ2n) is 6.86. The first-order valence-corrected chi connectivity index (χ1v) is 9.03. The predicted molar refractivity (Wildman–Crippen MR) is 101 cm³/mol. The molecule has 148 valence electrons. The van der Waals surface area contributed by atoms with Crippen LogP contribution in [-0.4, -0.2) is 25.0 Å². The van der Waals surface area contributed by atoms with Crippen molar-refractivity contribution >= 4 is 17.5 Å². The highest BCUT2D eigenvalue weighted by Gasteiger charge is 2.35. The van der Waals surface area contributed by atoms with Crippen molar-refractivity contribution in [3.05, 3.63) is 59.2 Å². The second kappa shape index (κ2) is 8.37. The van der Waals surface area contributed by atoms with Crippen molar-refractivity contribution in [1.29, 1.82) is 0 Å². The smallest absolute Gasteiger partial charge is 0.387 e. The van der Waals surface area contributed by atoms with Gasteiger partial charge in [-0.3, -0.25) is 9.59 Å². The highest BCUT2D eigenvalue weighted by molar-refractivity contribution is 6.00. The number of hydrogen-bond acceptors (Lipinski definition) is 3. The number of halogens is 2. The monoisotopic (exact) mass is 388 g/mol. The first-order chi connectivity index (χ1) is 13.3. The first kappa shape index (κ1) is 19.8. The summed E-state index contributed by atoms with van der Waals surface area (Å²) < 4.78 is 28.6. The molecule has 0 bridgehead atoms. The van der Waals surface area contributed by atoms with Gasteiger partial charge in [0, 0.05) is 25.2 Å². The van der Waals surface area contributed by atoms with Crippen LogP contribution in [0.1, 0.15) is 23.1 Å². The summed E-state index contributed by atoms with van der Waals surface area (Å²) in [5.41, 5.74) is 3.72. The second-order valence-corrected chi connectivity index (χ2v) is 6.86. The number of rotatable bonds is 6. The molecule has 1 aliphatic heterocycles. The van der Waals surface area contributed by atoms with Gasteiger partial charge in [-0.05, 0) is 48.7 Å². The molecule has 0 saturated carbocycles. The molecule has 2 aromatic carbocycles. The van der Waals surface area contributed by atoms with Crippen molar-refractivity contribution in [1.82, 2.24) is 5.32 Å². The van der Waals surface area contributed by atoms with Crippen LogP contribution in [0.2, 0.25) is 0 Å². The lowest BCUT2D eigenvalue weighted by Crippen LogP contribution is -2.32. The van der Waals surface area contributed by atoms with E-state index < -0.39 is 12.5 Å². The third-order valence-corrected chi connectivity index (χ3v) is 4.98. The zero-order valence-electron chi connectivity index (χ0n) is 15.7. The number of carbonyl (C=O) groups excluding carboxylic acids is 2. The molecule has 1 aliphatic rings. The maximum atomic E-state index is 12.5. The summed E-state index contributed by atoms with van der Waals surface area (Å²) in [6.07, 6.45) is 0.167. The van der Waals surface area contributed by atoms with Crippen LogP contribution < -0.4 is 15.0 Å². The number of nitrogens with zero attached hydrogens (tertiary/aromatic N) is 1. The van der Waals surface area contributed by atoms with Crippen LogP contribution in [-0.2, 0) is 16.1 Å². The number of carbonyl (C=O) groups is 2. The van der Waals surface area contributed by atoms with Crippen LogP contribution in [0.15, 0.2) is 42.5 Å². The Morgan fingerprint density at radius 1 is 1.21 bits per heavy atom. The predicted octanol–water partition coefficient (Wildman–Crippen LogP) is 3.57. The van der Waals surface area contributed by atoms with Gasteiger partial charge in [0.2, 0.25) is 11.8 Å². The Morgan fingerprint density at radius 3 is 2.61 bits per heavy atom. The zero-order chi connectivity index (χ0) is 20.3. The Balaban J connectivity index is 1.58. The average Bonchev–Trinajstić information content (AvgIpc) is 3.04. The third-order valence-electron chi connectivity index (χ3n) is 4.98. The molecule has 0 spiro atoms. The molecule has 1 unspecified atom stereocenters. The number of aryl methyl sites for hydroxylation is 1. The quantitative estimate of drug-likeness (QED) is 0.823. The maximum Gasteiger partial charge on any atom is 0.387 e. The van der Waals surface area contributed by atoms with Gasteiger partial charge < -0.3 is 15.0 Å². The minimum atomic E-state index is -2.87. The molecule has 28 heavy (non-hydrogen) atoms. The van der Waals surface area contributed by atoms with Gasteiger partial charge >= 0.3 is 6.61 Å². The Bertz CT molecular complexity index is 868. The Hall–Kier alpha value is -2.96. The average molecular weight is 388 g/mol. The van der Waals surface area contributed by atoms with Crippen LogP contribution in [0.5, 0.6) is 5.75 Å². The topological polar surface area (TPSA) is 58.6 Å². The molecule has 0 aliphatic carbocycles. The van der Waals surface area contributed by atoms with Crippen molar-refractivity contribution in [2.75, 3.05) is 11.4 Å². The fourth-order valence-corrected chi connectivity index (χ4v) is 3.27. The fraction of sp³-hybridized carbons (Fsp3) is 0.333. The molecule has 5 nitrogen and oxygen atoms in total. The van der Waals surface area contributed by atoms with E-state index in [1.54, 1.807) is 17.0 Å². The van der Waals surface area contributed by atoms with Gasteiger partial charge in [-0.25, -0.2) is 0 Å². The van der Waals surface area contributed by atoms with Crippen LogP contribution >= 0.6 is 0 Å². The molecule has 2 amide bonds.